The number of hydrogen-bond donors (Lipinski definition) is 0. The second-order valence-corrected chi connectivity index (χ2v) is 12.8. The Bertz CT molecular complexity index is 1960. The Hall–Kier alpha value is -4.61. The normalized spacial score (nSPS) is 13.8. The fourth-order valence-corrected chi connectivity index (χ4v) is 6.10. The van der Waals surface area contributed by atoms with Gasteiger partial charge >= 0.3 is 0 Å². The maximum absolute atomic E-state index is 6.14. The standard InChI is InChI=1S/C37H36N4O/c1-36(2,3)25-20-21-38-35(24-25)40-31-15-8-7-14-29(31)30-19-18-27(23-34(30)40)37(4,5)26-12-11-13-28(22-26)41-33-17-10-9-16-32(33)39(6)42-41/h7-24H,1-6H3. The molecule has 0 fully saturated rings. The third kappa shape index (κ3) is 4.15. The average Bonchev–Trinajstić information content (AvgIpc) is 3.51. The number of nitrogens with zero attached hydrogens (tertiary/aromatic N) is 4. The lowest BCUT2D eigenvalue weighted by molar-refractivity contribution is 0.142. The van der Waals surface area contributed by atoms with Crippen LogP contribution >= 0.6 is 0 Å². The quantitative estimate of drug-likeness (QED) is 0.218. The van der Waals surface area contributed by atoms with E-state index in [1.807, 2.05) is 35.5 Å². The van der Waals surface area contributed by atoms with Gasteiger partial charge in [-0.05, 0) is 70.6 Å². The van der Waals surface area contributed by atoms with Crippen molar-refractivity contribution in [3.63, 3.8) is 0 Å². The molecule has 0 N–H and O–H groups in total. The van der Waals surface area contributed by atoms with Crippen LogP contribution in [0.3, 0.4) is 0 Å². The van der Waals surface area contributed by atoms with Gasteiger partial charge in [0.05, 0.1) is 28.1 Å². The Morgan fingerprint density at radius 2 is 1.33 bits per heavy atom. The van der Waals surface area contributed by atoms with Crippen LogP contribution in [0.25, 0.3) is 27.6 Å². The molecule has 0 radical (unpaired) electrons. The van der Waals surface area contributed by atoms with Crippen molar-refractivity contribution in [2.45, 2.75) is 45.4 Å². The molecule has 5 heteroatoms. The zero-order chi connectivity index (χ0) is 29.2. The maximum atomic E-state index is 6.14. The Labute approximate surface area is 247 Å². The summed E-state index contributed by atoms with van der Waals surface area (Å²) < 4.78 is 2.32. The van der Waals surface area contributed by atoms with Crippen LogP contribution in [-0.4, -0.2) is 16.6 Å². The van der Waals surface area contributed by atoms with Gasteiger partial charge < -0.3 is 0 Å². The first-order valence-corrected chi connectivity index (χ1v) is 14.5. The van der Waals surface area contributed by atoms with Gasteiger partial charge in [0.1, 0.15) is 5.82 Å². The van der Waals surface area contributed by atoms with E-state index < -0.39 is 0 Å². The zero-order valence-electron chi connectivity index (χ0n) is 25.1. The van der Waals surface area contributed by atoms with Crippen LogP contribution in [0.1, 0.15) is 51.3 Å². The van der Waals surface area contributed by atoms with Crippen molar-refractivity contribution in [2.24, 2.45) is 0 Å². The summed E-state index contributed by atoms with van der Waals surface area (Å²) in [5, 5.41) is 6.18. The van der Waals surface area contributed by atoms with Crippen molar-refractivity contribution in [3.8, 4) is 5.82 Å². The summed E-state index contributed by atoms with van der Waals surface area (Å²) in [6.07, 6.45) is 1.94. The minimum absolute atomic E-state index is 0.0307. The number of hydrogen-bond acceptors (Lipinski definition) is 4. The molecule has 0 atom stereocenters. The molecule has 4 aromatic carbocycles. The van der Waals surface area contributed by atoms with Crippen molar-refractivity contribution in [3.05, 3.63) is 126 Å². The van der Waals surface area contributed by atoms with Crippen molar-refractivity contribution >= 4 is 38.9 Å². The molecule has 0 aliphatic carbocycles. The predicted molar refractivity (Wildman–Crippen MR) is 174 cm³/mol. The number of benzene rings is 4. The number of fused-ring (bicyclic) bond motifs is 4. The molecule has 0 spiro atoms. The lowest BCUT2D eigenvalue weighted by Crippen LogP contribution is -2.22. The first kappa shape index (κ1) is 26.3. The van der Waals surface area contributed by atoms with Crippen LogP contribution in [0.2, 0.25) is 0 Å². The van der Waals surface area contributed by atoms with Crippen LogP contribution in [0.5, 0.6) is 0 Å². The summed E-state index contributed by atoms with van der Waals surface area (Å²) in [5.41, 5.74) is 8.88. The van der Waals surface area contributed by atoms with Crippen molar-refractivity contribution in [2.75, 3.05) is 17.2 Å². The molecule has 0 saturated heterocycles. The molecule has 210 valence electrons. The molecule has 0 amide bonds. The molecular weight excluding hydrogens is 516 g/mol. The maximum Gasteiger partial charge on any atom is 0.137 e. The first-order chi connectivity index (χ1) is 20.1. The summed E-state index contributed by atoms with van der Waals surface area (Å²) >= 11 is 0. The molecular formula is C37H36N4O. The van der Waals surface area contributed by atoms with E-state index in [-0.39, 0.29) is 10.8 Å². The predicted octanol–water partition coefficient (Wildman–Crippen LogP) is 9.24. The van der Waals surface area contributed by atoms with Crippen LogP contribution < -0.4 is 10.1 Å². The molecule has 1 aliphatic heterocycles. The van der Waals surface area contributed by atoms with Gasteiger partial charge in [0.25, 0.3) is 0 Å². The summed E-state index contributed by atoms with van der Waals surface area (Å²) in [6, 6.07) is 36.8. The smallest absolute Gasteiger partial charge is 0.137 e. The highest BCUT2D eigenvalue weighted by molar-refractivity contribution is 6.09. The highest BCUT2D eigenvalue weighted by atomic mass is 16.8. The summed E-state index contributed by atoms with van der Waals surface area (Å²) in [7, 11) is 1.94. The lowest BCUT2D eigenvalue weighted by atomic mass is 9.77. The Kier molecular flexibility index (Phi) is 5.93. The van der Waals surface area contributed by atoms with Crippen LogP contribution in [0.4, 0.5) is 17.1 Å². The van der Waals surface area contributed by atoms with Gasteiger partial charge in [-0.1, -0.05) is 89.2 Å². The van der Waals surface area contributed by atoms with E-state index in [0.29, 0.717) is 0 Å². The minimum Gasteiger partial charge on any atom is -0.294 e. The van der Waals surface area contributed by atoms with Crippen LogP contribution in [0.15, 0.2) is 109 Å². The van der Waals surface area contributed by atoms with Crippen LogP contribution in [-0.2, 0) is 15.8 Å². The fraction of sp³-hybridized carbons (Fsp3) is 0.216. The first-order valence-electron chi connectivity index (χ1n) is 14.5. The lowest BCUT2D eigenvalue weighted by Gasteiger charge is -2.28. The largest absolute Gasteiger partial charge is 0.294 e. The highest BCUT2D eigenvalue weighted by Gasteiger charge is 2.29. The molecule has 3 heterocycles. The molecule has 7 rings (SSSR count). The van der Waals surface area contributed by atoms with E-state index in [4.69, 9.17) is 9.92 Å². The number of pyridine rings is 1. The third-order valence-corrected chi connectivity index (χ3v) is 8.68. The summed E-state index contributed by atoms with van der Waals surface area (Å²) in [4.78, 5) is 11.0. The van der Waals surface area contributed by atoms with Crippen molar-refractivity contribution in [1.29, 1.82) is 0 Å². The molecule has 0 bridgehead atoms. The van der Waals surface area contributed by atoms with Gasteiger partial charge in [-0.25, -0.2) is 10.0 Å². The van der Waals surface area contributed by atoms with E-state index in [1.165, 1.54) is 27.5 Å². The van der Waals surface area contributed by atoms with Gasteiger partial charge in [-0.3, -0.25) is 4.57 Å². The van der Waals surface area contributed by atoms with Gasteiger partial charge in [0.15, 0.2) is 0 Å². The molecule has 6 aromatic rings. The Balaban J connectivity index is 1.36. The third-order valence-electron chi connectivity index (χ3n) is 8.68. The second-order valence-electron chi connectivity index (χ2n) is 12.8. The molecule has 42 heavy (non-hydrogen) atoms. The Morgan fingerprint density at radius 1 is 0.619 bits per heavy atom. The van der Waals surface area contributed by atoms with E-state index in [1.54, 1.807) is 0 Å². The molecule has 0 unspecified atom stereocenters. The number of anilines is 3. The fourth-order valence-electron chi connectivity index (χ4n) is 6.10. The van der Waals surface area contributed by atoms with Crippen molar-refractivity contribution < 1.29 is 4.94 Å². The molecule has 2 aromatic heterocycles. The molecule has 1 aliphatic rings. The number of hydroxylamine groups is 1. The number of aromatic nitrogens is 2. The molecule has 0 saturated carbocycles. The average molecular weight is 553 g/mol. The van der Waals surface area contributed by atoms with Gasteiger partial charge in [-0.2, -0.15) is 5.06 Å². The second kappa shape index (κ2) is 9.47. The van der Waals surface area contributed by atoms with Gasteiger partial charge in [0.2, 0.25) is 0 Å². The number of para-hydroxylation sites is 3. The minimum atomic E-state index is -0.267. The van der Waals surface area contributed by atoms with Crippen molar-refractivity contribution in [1.82, 2.24) is 9.55 Å². The van der Waals surface area contributed by atoms with Gasteiger partial charge in [-0.15, -0.1) is 4.94 Å². The monoisotopic (exact) mass is 552 g/mol. The van der Waals surface area contributed by atoms with Crippen LogP contribution in [0, 0.1) is 0 Å². The Morgan fingerprint density at radius 3 is 2.14 bits per heavy atom. The molecule has 5 nitrogen and oxygen atoms in total. The van der Waals surface area contributed by atoms with E-state index in [9.17, 15) is 0 Å². The number of rotatable bonds is 4. The summed E-state index contributed by atoms with van der Waals surface area (Å²) in [6.45, 7) is 11.3. The highest BCUT2D eigenvalue weighted by Crippen LogP contribution is 2.43. The van der Waals surface area contributed by atoms with E-state index in [2.05, 4.69) is 130 Å². The van der Waals surface area contributed by atoms with E-state index >= 15 is 0 Å². The van der Waals surface area contributed by atoms with Gasteiger partial charge in [0, 0.05) is 29.4 Å². The SMILES string of the molecule is CN1ON(c2cccc(C(C)(C)c3ccc4c5ccccc5n(-c5cc(C(C)(C)C)ccn5)c4c3)c2)c2ccccc21. The van der Waals surface area contributed by atoms with E-state index in [0.717, 1.165) is 33.9 Å². The zero-order valence-corrected chi connectivity index (χ0v) is 25.1. The topological polar surface area (TPSA) is 33.5 Å². The summed E-state index contributed by atoms with van der Waals surface area (Å²) in [5.74, 6) is 0.944.